The van der Waals surface area contributed by atoms with Crippen LogP contribution in [0.25, 0.3) is 0 Å². The number of rotatable bonds is 5. The summed E-state index contributed by atoms with van der Waals surface area (Å²) in [5.41, 5.74) is 1.14. The second kappa shape index (κ2) is 7.17. The maximum absolute atomic E-state index is 12.1. The van der Waals surface area contributed by atoms with Gasteiger partial charge in [0, 0.05) is 6.20 Å². The van der Waals surface area contributed by atoms with E-state index in [2.05, 4.69) is 15.0 Å². The fraction of sp³-hybridized carbons (Fsp3) is 0.200. The first-order valence-electron chi connectivity index (χ1n) is 6.43. The largest absolute Gasteiger partial charge is 0.435 e. The molecule has 0 aliphatic heterocycles. The standard InChI is InChI=1S/C15H13ClF2N2O2/c1-9(10-2-5-12(6-3-10)22-15(17)18)20-14(21)11-4-7-13(16)19-8-11/h2-9,15H,1H3,(H,20,21). The number of carbonyl (C=O) groups is 1. The lowest BCUT2D eigenvalue weighted by Crippen LogP contribution is -2.26. The third kappa shape index (κ3) is 4.39. The summed E-state index contributed by atoms with van der Waals surface area (Å²) in [6.45, 7) is -1.08. The van der Waals surface area contributed by atoms with E-state index in [0.717, 1.165) is 5.56 Å². The van der Waals surface area contributed by atoms with Gasteiger partial charge in [0.1, 0.15) is 10.9 Å². The number of nitrogens with zero attached hydrogens (tertiary/aromatic N) is 1. The van der Waals surface area contributed by atoms with Crippen LogP contribution < -0.4 is 10.1 Å². The van der Waals surface area contributed by atoms with Gasteiger partial charge in [-0.1, -0.05) is 23.7 Å². The maximum Gasteiger partial charge on any atom is 0.387 e. The summed E-state index contributed by atoms with van der Waals surface area (Å²) in [6.07, 6.45) is 1.38. The Hall–Kier alpha value is -2.21. The number of hydrogen-bond donors (Lipinski definition) is 1. The Morgan fingerprint density at radius 1 is 1.23 bits per heavy atom. The molecule has 1 N–H and O–H groups in total. The second-order valence-corrected chi connectivity index (χ2v) is 4.90. The van der Waals surface area contributed by atoms with Crippen molar-refractivity contribution in [2.24, 2.45) is 0 Å². The molecule has 1 aromatic heterocycles. The summed E-state index contributed by atoms with van der Waals surface area (Å²) in [6, 6.07) is 8.87. The van der Waals surface area contributed by atoms with Crippen molar-refractivity contribution < 1.29 is 18.3 Å². The van der Waals surface area contributed by atoms with E-state index in [1.54, 1.807) is 25.1 Å². The average Bonchev–Trinajstić information content (AvgIpc) is 2.48. The Morgan fingerprint density at radius 2 is 1.91 bits per heavy atom. The Morgan fingerprint density at radius 3 is 2.45 bits per heavy atom. The van der Waals surface area contributed by atoms with E-state index >= 15 is 0 Å². The number of ether oxygens (including phenoxy) is 1. The van der Waals surface area contributed by atoms with Crippen LogP contribution in [-0.4, -0.2) is 17.5 Å². The van der Waals surface area contributed by atoms with E-state index in [4.69, 9.17) is 11.6 Å². The van der Waals surface area contributed by atoms with Crippen molar-refractivity contribution >= 4 is 17.5 Å². The van der Waals surface area contributed by atoms with Crippen molar-refractivity contribution in [3.63, 3.8) is 0 Å². The van der Waals surface area contributed by atoms with Gasteiger partial charge in [-0.05, 0) is 36.8 Å². The zero-order valence-electron chi connectivity index (χ0n) is 11.6. The number of amides is 1. The van der Waals surface area contributed by atoms with E-state index in [0.29, 0.717) is 10.7 Å². The van der Waals surface area contributed by atoms with Crippen LogP contribution in [0.1, 0.15) is 28.9 Å². The average molecular weight is 327 g/mol. The molecule has 0 aliphatic carbocycles. The van der Waals surface area contributed by atoms with Crippen molar-refractivity contribution in [2.75, 3.05) is 0 Å². The van der Waals surface area contributed by atoms with E-state index in [1.165, 1.54) is 24.4 Å². The maximum atomic E-state index is 12.1. The fourth-order valence-corrected chi connectivity index (χ4v) is 1.92. The first-order chi connectivity index (χ1) is 10.5. The molecule has 0 fully saturated rings. The van der Waals surface area contributed by atoms with Crippen molar-refractivity contribution in [3.8, 4) is 5.75 Å². The van der Waals surface area contributed by atoms with E-state index in [9.17, 15) is 13.6 Å². The van der Waals surface area contributed by atoms with Crippen LogP contribution in [0, 0.1) is 0 Å². The minimum Gasteiger partial charge on any atom is -0.435 e. The third-order valence-corrected chi connectivity index (χ3v) is 3.17. The molecule has 0 saturated heterocycles. The first kappa shape index (κ1) is 16.2. The summed E-state index contributed by atoms with van der Waals surface area (Å²) >= 11 is 5.66. The molecule has 0 saturated carbocycles. The number of benzene rings is 1. The molecule has 0 radical (unpaired) electrons. The van der Waals surface area contributed by atoms with Gasteiger partial charge in [-0.2, -0.15) is 8.78 Å². The molecule has 0 bridgehead atoms. The van der Waals surface area contributed by atoms with Crippen LogP contribution in [0.4, 0.5) is 8.78 Å². The molecule has 116 valence electrons. The van der Waals surface area contributed by atoms with Crippen LogP contribution in [-0.2, 0) is 0 Å². The summed E-state index contributed by atoms with van der Waals surface area (Å²) in [7, 11) is 0. The number of halogens is 3. The summed E-state index contributed by atoms with van der Waals surface area (Å²) in [4.78, 5) is 15.9. The van der Waals surface area contributed by atoms with E-state index < -0.39 is 6.61 Å². The molecule has 0 aliphatic rings. The monoisotopic (exact) mass is 326 g/mol. The van der Waals surface area contributed by atoms with Crippen LogP contribution in [0.5, 0.6) is 5.75 Å². The SMILES string of the molecule is CC(NC(=O)c1ccc(Cl)nc1)c1ccc(OC(F)F)cc1. The zero-order chi connectivity index (χ0) is 16.1. The van der Waals surface area contributed by atoms with Crippen LogP contribution in [0.15, 0.2) is 42.6 Å². The third-order valence-electron chi connectivity index (χ3n) is 2.94. The lowest BCUT2D eigenvalue weighted by Gasteiger charge is -2.15. The number of aromatic nitrogens is 1. The van der Waals surface area contributed by atoms with Gasteiger partial charge < -0.3 is 10.1 Å². The summed E-state index contributed by atoms with van der Waals surface area (Å²) in [5, 5.41) is 3.09. The predicted octanol–water partition coefficient (Wildman–Crippen LogP) is 3.83. The quantitative estimate of drug-likeness (QED) is 0.850. The van der Waals surface area contributed by atoms with Gasteiger partial charge in [0.15, 0.2) is 0 Å². The molecule has 22 heavy (non-hydrogen) atoms. The molecule has 4 nitrogen and oxygen atoms in total. The Labute approximate surface area is 131 Å². The highest BCUT2D eigenvalue weighted by Gasteiger charge is 2.12. The summed E-state index contributed by atoms with van der Waals surface area (Å²) < 4.78 is 28.4. The molecule has 0 spiro atoms. The minimum atomic E-state index is -2.86. The molecule has 1 unspecified atom stereocenters. The van der Waals surface area contributed by atoms with Gasteiger partial charge in [-0.15, -0.1) is 0 Å². The smallest absolute Gasteiger partial charge is 0.387 e. The number of hydrogen-bond acceptors (Lipinski definition) is 3. The molecule has 1 atom stereocenters. The Kier molecular flexibility index (Phi) is 5.27. The van der Waals surface area contributed by atoms with Crippen molar-refractivity contribution in [3.05, 3.63) is 58.9 Å². The number of carbonyl (C=O) groups excluding carboxylic acids is 1. The lowest BCUT2D eigenvalue weighted by atomic mass is 10.1. The minimum absolute atomic E-state index is 0.0687. The Balaban J connectivity index is 2.00. The molecule has 2 rings (SSSR count). The van der Waals surface area contributed by atoms with Gasteiger partial charge in [0.25, 0.3) is 5.91 Å². The second-order valence-electron chi connectivity index (χ2n) is 4.51. The van der Waals surface area contributed by atoms with E-state index in [-0.39, 0.29) is 17.7 Å². The predicted molar refractivity (Wildman–Crippen MR) is 78.2 cm³/mol. The Bertz CT molecular complexity index is 633. The number of nitrogens with one attached hydrogen (secondary N) is 1. The normalized spacial score (nSPS) is 12.0. The van der Waals surface area contributed by atoms with Crippen molar-refractivity contribution in [1.29, 1.82) is 0 Å². The molecule has 7 heteroatoms. The topological polar surface area (TPSA) is 51.2 Å². The molecule has 1 heterocycles. The van der Waals surface area contributed by atoms with Gasteiger partial charge >= 0.3 is 6.61 Å². The lowest BCUT2D eigenvalue weighted by molar-refractivity contribution is -0.0498. The highest BCUT2D eigenvalue weighted by Crippen LogP contribution is 2.19. The number of alkyl halides is 2. The highest BCUT2D eigenvalue weighted by molar-refractivity contribution is 6.29. The van der Waals surface area contributed by atoms with Gasteiger partial charge in [0.2, 0.25) is 0 Å². The number of pyridine rings is 1. The van der Waals surface area contributed by atoms with Gasteiger partial charge in [-0.25, -0.2) is 4.98 Å². The first-order valence-corrected chi connectivity index (χ1v) is 6.80. The fourth-order valence-electron chi connectivity index (χ4n) is 1.81. The summed E-state index contributed by atoms with van der Waals surface area (Å²) in [5.74, 6) is -0.233. The molecule has 1 aromatic carbocycles. The highest BCUT2D eigenvalue weighted by atomic mass is 35.5. The van der Waals surface area contributed by atoms with Crippen LogP contribution >= 0.6 is 11.6 Å². The van der Waals surface area contributed by atoms with E-state index in [1.807, 2.05) is 0 Å². The van der Waals surface area contributed by atoms with Crippen LogP contribution in [0.2, 0.25) is 5.15 Å². The zero-order valence-corrected chi connectivity index (χ0v) is 12.3. The van der Waals surface area contributed by atoms with Crippen molar-refractivity contribution in [1.82, 2.24) is 10.3 Å². The van der Waals surface area contributed by atoms with Gasteiger partial charge in [0.05, 0.1) is 11.6 Å². The molecular weight excluding hydrogens is 314 g/mol. The van der Waals surface area contributed by atoms with Crippen molar-refractivity contribution in [2.45, 2.75) is 19.6 Å². The molecule has 2 aromatic rings. The van der Waals surface area contributed by atoms with Crippen LogP contribution in [0.3, 0.4) is 0 Å². The molecular formula is C15H13ClF2N2O2. The van der Waals surface area contributed by atoms with Gasteiger partial charge in [-0.3, -0.25) is 4.79 Å². The molecule has 1 amide bonds.